The first-order valence-electron chi connectivity index (χ1n) is 5.00. The summed E-state index contributed by atoms with van der Waals surface area (Å²) < 4.78 is 14.5. The van der Waals surface area contributed by atoms with E-state index >= 15 is 0 Å². The minimum atomic E-state index is -0.515. The van der Waals surface area contributed by atoms with Gasteiger partial charge in [0.05, 0.1) is 24.5 Å². The van der Waals surface area contributed by atoms with Crippen molar-refractivity contribution in [2.24, 2.45) is 0 Å². The van der Waals surface area contributed by atoms with Gasteiger partial charge in [-0.05, 0) is 23.8 Å². The fourth-order valence-electron chi connectivity index (χ4n) is 1.53. The molecule has 1 heterocycles. The number of benzene rings is 1. The summed E-state index contributed by atoms with van der Waals surface area (Å²) in [7, 11) is 0. The summed E-state index contributed by atoms with van der Waals surface area (Å²) in [6.07, 6.45) is 1.28. The van der Waals surface area contributed by atoms with Gasteiger partial charge in [-0.15, -0.1) is 0 Å². The Balaban J connectivity index is 2.37. The van der Waals surface area contributed by atoms with Crippen LogP contribution in [0.25, 0.3) is 0 Å². The molecule has 0 saturated carbocycles. The molecule has 0 atom stereocenters. The number of halogens is 2. The molecule has 0 aliphatic heterocycles. The van der Waals surface area contributed by atoms with Crippen molar-refractivity contribution in [3.63, 3.8) is 0 Å². The van der Waals surface area contributed by atoms with Crippen molar-refractivity contribution < 1.29 is 4.39 Å². The number of aromatic nitrogens is 2. The molecule has 18 heavy (non-hydrogen) atoms. The lowest BCUT2D eigenvalue weighted by molar-refractivity contribution is 0.621. The molecule has 0 saturated heterocycles. The van der Waals surface area contributed by atoms with Gasteiger partial charge in [-0.1, -0.05) is 11.6 Å². The van der Waals surface area contributed by atoms with Gasteiger partial charge in [0.2, 0.25) is 0 Å². The summed E-state index contributed by atoms with van der Waals surface area (Å²) in [6.45, 7) is 0.134. The van der Waals surface area contributed by atoms with E-state index in [9.17, 15) is 9.18 Å². The topological polar surface area (TPSA) is 58.7 Å². The molecule has 0 spiro atoms. The molecule has 0 aliphatic carbocycles. The Morgan fingerprint density at radius 3 is 2.83 bits per heavy atom. The molecule has 2 rings (SSSR count). The molecular formula is C12H7ClFN3O. The van der Waals surface area contributed by atoms with Crippen LogP contribution >= 0.6 is 11.6 Å². The van der Waals surface area contributed by atoms with Crippen molar-refractivity contribution in [1.82, 2.24) is 9.55 Å². The number of hydrogen-bond donors (Lipinski definition) is 0. The Kier molecular flexibility index (Phi) is 3.40. The van der Waals surface area contributed by atoms with Crippen LogP contribution in [0.4, 0.5) is 4.39 Å². The lowest BCUT2D eigenvalue weighted by Gasteiger charge is -2.05. The average Bonchev–Trinajstić information content (AvgIpc) is 2.32. The maximum atomic E-state index is 13.2. The highest BCUT2D eigenvalue weighted by Crippen LogP contribution is 2.09. The molecule has 6 heteroatoms. The number of hydrogen-bond acceptors (Lipinski definition) is 3. The fourth-order valence-corrected chi connectivity index (χ4v) is 1.66. The Morgan fingerprint density at radius 1 is 1.39 bits per heavy atom. The van der Waals surface area contributed by atoms with E-state index in [1.807, 2.05) is 6.07 Å². The van der Waals surface area contributed by atoms with Crippen molar-refractivity contribution in [3.8, 4) is 6.07 Å². The van der Waals surface area contributed by atoms with Crippen LogP contribution in [0.1, 0.15) is 11.1 Å². The zero-order chi connectivity index (χ0) is 13.1. The van der Waals surface area contributed by atoms with E-state index in [2.05, 4.69) is 4.98 Å². The van der Waals surface area contributed by atoms with E-state index in [4.69, 9.17) is 16.9 Å². The molecule has 0 unspecified atom stereocenters. The van der Waals surface area contributed by atoms with Crippen LogP contribution < -0.4 is 5.56 Å². The zero-order valence-corrected chi connectivity index (χ0v) is 9.86. The molecule has 0 radical (unpaired) electrons. The molecule has 90 valence electrons. The van der Waals surface area contributed by atoms with Gasteiger partial charge in [-0.3, -0.25) is 9.36 Å². The van der Waals surface area contributed by atoms with Crippen molar-refractivity contribution in [2.45, 2.75) is 6.54 Å². The summed E-state index contributed by atoms with van der Waals surface area (Å²) in [6, 6.07) is 6.94. The first-order chi connectivity index (χ1) is 8.58. The third-order valence-electron chi connectivity index (χ3n) is 2.29. The fraction of sp³-hybridized carbons (Fsp3) is 0.0833. The molecule has 4 nitrogen and oxygen atoms in total. The molecule has 0 N–H and O–H groups in total. The van der Waals surface area contributed by atoms with Gasteiger partial charge in [-0.25, -0.2) is 9.37 Å². The monoisotopic (exact) mass is 263 g/mol. The molecular weight excluding hydrogens is 257 g/mol. The zero-order valence-electron chi connectivity index (χ0n) is 9.10. The molecule has 0 amide bonds. The van der Waals surface area contributed by atoms with Gasteiger partial charge < -0.3 is 0 Å². The largest absolute Gasteiger partial charge is 0.295 e. The highest BCUT2D eigenvalue weighted by atomic mass is 35.5. The van der Waals surface area contributed by atoms with Gasteiger partial charge in [0.25, 0.3) is 5.56 Å². The molecule has 1 aromatic carbocycles. The van der Waals surface area contributed by atoms with Crippen molar-refractivity contribution in [2.75, 3.05) is 0 Å². The van der Waals surface area contributed by atoms with Gasteiger partial charge in [-0.2, -0.15) is 5.26 Å². The third kappa shape index (κ3) is 2.73. The summed E-state index contributed by atoms with van der Waals surface area (Å²) in [5.74, 6) is -0.515. The highest BCUT2D eigenvalue weighted by Gasteiger charge is 2.03. The average molecular weight is 264 g/mol. The third-order valence-corrected chi connectivity index (χ3v) is 2.49. The van der Waals surface area contributed by atoms with E-state index in [1.54, 1.807) is 0 Å². The molecule has 1 aromatic heterocycles. The van der Waals surface area contributed by atoms with Crippen LogP contribution in [0.15, 0.2) is 35.4 Å². The maximum Gasteiger partial charge on any atom is 0.255 e. The Hall–Kier alpha value is -2.19. The lowest BCUT2D eigenvalue weighted by atomic mass is 10.1. The van der Waals surface area contributed by atoms with Gasteiger partial charge >= 0.3 is 0 Å². The second-order valence-corrected chi connectivity index (χ2v) is 4.02. The number of nitrogens with zero attached hydrogens (tertiary/aromatic N) is 3. The Morgan fingerprint density at radius 2 is 2.17 bits per heavy atom. The van der Waals surface area contributed by atoms with Gasteiger partial charge in [0.15, 0.2) is 0 Å². The summed E-state index contributed by atoms with van der Waals surface area (Å²) in [4.78, 5) is 15.3. The van der Waals surface area contributed by atoms with E-state index in [1.165, 1.54) is 29.1 Å². The molecule has 2 aromatic rings. The Labute approximate surface area is 107 Å². The van der Waals surface area contributed by atoms with E-state index in [-0.39, 0.29) is 22.8 Å². The standard InChI is InChI=1S/C12H7ClFN3O/c13-11-4-12(18)17(7-16-11)6-9-1-8(5-15)2-10(14)3-9/h1-4,7H,6H2. The first kappa shape index (κ1) is 12.3. The van der Waals surface area contributed by atoms with Crippen molar-refractivity contribution >= 4 is 11.6 Å². The smallest absolute Gasteiger partial charge is 0.255 e. The van der Waals surface area contributed by atoms with Crippen LogP contribution in [0.3, 0.4) is 0 Å². The summed E-state index contributed by atoms with van der Waals surface area (Å²) in [5, 5.41) is 8.83. The van der Waals surface area contributed by atoms with Crippen LogP contribution in [0.5, 0.6) is 0 Å². The number of rotatable bonds is 2. The lowest BCUT2D eigenvalue weighted by Crippen LogP contribution is -2.20. The first-order valence-corrected chi connectivity index (χ1v) is 5.38. The number of nitriles is 1. The second kappa shape index (κ2) is 4.98. The minimum Gasteiger partial charge on any atom is -0.295 e. The van der Waals surface area contributed by atoms with Gasteiger partial charge in [0, 0.05) is 6.07 Å². The SMILES string of the molecule is N#Cc1cc(F)cc(Cn2cnc(Cl)cc2=O)c1. The summed E-state index contributed by atoms with van der Waals surface area (Å²) in [5.41, 5.74) is 0.385. The summed E-state index contributed by atoms with van der Waals surface area (Å²) >= 11 is 5.57. The van der Waals surface area contributed by atoms with Crippen molar-refractivity contribution in [3.05, 3.63) is 63.0 Å². The second-order valence-electron chi connectivity index (χ2n) is 3.64. The molecule has 0 fully saturated rings. The van der Waals surface area contributed by atoms with Crippen LogP contribution in [-0.2, 0) is 6.54 Å². The molecule has 0 bridgehead atoms. The maximum absolute atomic E-state index is 13.2. The molecule has 0 aliphatic rings. The van der Waals surface area contributed by atoms with Crippen molar-refractivity contribution in [1.29, 1.82) is 5.26 Å². The normalized spacial score (nSPS) is 10.1. The van der Waals surface area contributed by atoms with Gasteiger partial charge in [0.1, 0.15) is 11.0 Å². The van der Waals surface area contributed by atoms with E-state index < -0.39 is 5.82 Å². The predicted octanol–water partition coefficient (Wildman–Crippen LogP) is 1.96. The van der Waals surface area contributed by atoms with Crippen LogP contribution in [0, 0.1) is 17.1 Å². The van der Waals surface area contributed by atoms with Crippen LogP contribution in [0.2, 0.25) is 5.15 Å². The Bertz CT molecular complexity index is 690. The van der Waals surface area contributed by atoms with E-state index in [0.29, 0.717) is 5.56 Å². The quantitative estimate of drug-likeness (QED) is 0.778. The van der Waals surface area contributed by atoms with Crippen LogP contribution in [-0.4, -0.2) is 9.55 Å². The van der Waals surface area contributed by atoms with E-state index in [0.717, 1.165) is 6.07 Å². The predicted molar refractivity (Wildman–Crippen MR) is 63.7 cm³/mol. The highest BCUT2D eigenvalue weighted by molar-refractivity contribution is 6.29. The minimum absolute atomic E-state index is 0.105.